The highest BCUT2D eigenvalue weighted by Gasteiger charge is 2.53. The van der Waals surface area contributed by atoms with Gasteiger partial charge in [-0.2, -0.15) is 0 Å². The Balaban J connectivity index is 1.66. The van der Waals surface area contributed by atoms with Crippen LogP contribution < -0.4 is 5.32 Å². The highest BCUT2D eigenvalue weighted by molar-refractivity contribution is 5.87. The summed E-state index contributed by atoms with van der Waals surface area (Å²) in [5.74, 6) is -3.31. The van der Waals surface area contributed by atoms with Crippen LogP contribution in [0.15, 0.2) is 36.4 Å². The number of rotatable bonds is 4. The van der Waals surface area contributed by atoms with E-state index in [1.807, 2.05) is 0 Å². The van der Waals surface area contributed by atoms with Crippen LogP contribution in [0.4, 0.5) is 4.39 Å². The molecule has 5 nitrogen and oxygen atoms in total. The summed E-state index contributed by atoms with van der Waals surface area (Å²) in [4.78, 5) is 23.5. The maximum atomic E-state index is 12.8. The highest BCUT2D eigenvalue weighted by Crippen LogP contribution is 2.39. The second-order valence-corrected chi connectivity index (χ2v) is 5.18. The van der Waals surface area contributed by atoms with Crippen LogP contribution in [0.3, 0.4) is 0 Å². The molecule has 1 aromatic carbocycles. The fourth-order valence-corrected chi connectivity index (χ4v) is 2.82. The van der Waals surface area contributed by atoms with Gasteiger partial charge in [-0.15, -0.1) is 0 Å². The van der Waals surface area contributed by atoms with Crippen molar-refractivity contribution in [3.8, 4) is 0 Å². The molecule has 0 unspecified atom stereocenters. The Kier molecular flexibility index (Phi) is 3.47. The van der Waals surface area contributed by atoms with Crippen LogP contribution in [0, 0.1) is 17.7 Å². The maximum absolute atomic E-state index is 12.8. The second kappa shape index (κ2) is 5.29. The number of carbonyl (C=O) groups is 2. The van der Waals surface area contributed by atoms with E-state index in [1.54, 1.807) is 24.3 Å². The monoisotopic (exact) mass is 291 g/mol. The Hall–Kier alpha value is -2.21. The molecule has 1 saturated heterocycles. The first-order chi connectivity index (χ1) is 10.1. The van der Waals surface area contributed by atoms with Crippen LogP contribution in [0.1, 0.15) is 5.56 Å². The molecule has 2 heterocycles. The molecule has 0 aromatic heterocycles. The predicted molar refractivity (Wildman–Crippen MR) is 70.7 cm³/mol. The van der Waals surface area contributed by atoms with Gasteiger partial charge < -0.3 is 15.2 Å². The topological polar surface area (TPSA) is 75.6 Å². The summed E-state index contributed by atoms with van der Waals surface area (Å²) in [6.45, 7) is 0.225. The number of nitrogens with one attached hydrogen (secondary N) is 1. The number of carboxylic acids is 1. The lowest BCUT2D eigenvalue weighted by atomic mass is 9.82. The van der Waals surface area contributed by atoms with Crippen LogP contribution in [-0.2, 0) is 20.9 Å². The predicted octanol–water partition coefficient (Wildman–Crippen LogP) is 1.10. The van der Waals surface area contributed by atoms with Crippen molar-refractivity contribution in [2.75, 3.05) is 0 Å². The van der Waals surface area contributed by atoms with Crippen molar-refractivity contribution in [1.82, 2.24) is 5.32 Å². The number of halogens is 1. The molecule has 2 aliphatic rings. The molecule has 2 aliphatic heterocycles. The molecule has 1 aromatic rings. The van der Waals surface area contributed by atoms with E-state index in [-0.39, 0.29) is 18.3 Å². The zero-order chi connectivity index (χ0) is 15.0. The molecule has 6 heteroatoms. The summed E-state index contributed by atoms with van der Waals surface area (Å²) in [7, 11) is 0. The Bertz CT molecular complexity index is 598. The Labute approximate surface area is 120 Å². The largest absolute Gasteiger partial charge is 0.481 e. The van der Waals surface area contributed by atoms with Gasteiger partial charge in [0.15, 0.2) is 0 Å². The lowest BCUT2D eigenvalue weighted by Gasteiger charge is -2.21. The molecule has 0 radical (unpaired) electrons. The van der Waals surface area contributed by atoms with Gasteiger partial charge >= 0.3 is 5.97 Å². The van der Waals surface area contributed by atoms with Gasteiger partial charge in [0.1, 0.15) is 11.7 Å². The third-order valence-corrected chi connectivity index (χ3v) is 3.87. The Morgan fingerprint density at radius 1 is 1.14 bits per heavy atom. The molecule has 1 amide bonds. The summed E-state index contributed by atoms with van der Waals surface area (Å²) < 4.78 is 18.2. The molecule has 0 saturated carbocycles. The van der Waals surface area contributed by atoms with E-state index in [1.165, 1.54) is 12.1 Å². The first kappa shape index (κ1) is 13.8. The molecule has 1 fully saturated rings. The molecular formula is C15H14FNO4. The van der Waals surface area contributed by atoms with E-state index >= 15 is 0 Å². The minimum absolute atomic E-state index is 0.225. The van der Waals surface area contributed by atoms with E-state index < -0.39 is 30.0 Å². The number of fused-ring (bicyclic) bond motifs is 2. The average Bonchev–Trinajstić information content (AvgIpc) is 3.06. The molecule has 0 aliphatic carbocycles. The minimum Gasteiger partial charge on any atom is -0.481 e. The van der Waals surface area contributed by atoms with Gasteiger partial charge in [-0.1, -0.05) is 24.3 Å². The van der Waals surface area contributed by atoms with E-state index in [4.69, 9.17) is 4.74 Å². The summed E-state index contributed by atoms with van der Waals surface area (Å²) >= 11 is 0. The van der Waals surface area contributed by atoms with E-state index in [0.29, 0.717) is 0 Å². The standard InChI is InChI=1S/C15H14FNO4/c16-9-3-1-8(2-4-9)7-17-14(18)12-10-5-6-11(21-10)13(12)15(19)20/h1-6,10-13H,7H2,(H,17,18)(H,19,20)/t10-,11-,12-,13-/m0/s1. The van der Waals surface area contributed by atoms with Crippen molar-refractivity contribution in [3.63, 3.8) is 0 Å². The number of benzene rings is 1. The molecule has 4 atom stereocenters. The Morgan fingerprint density at radius 3 is 2.38 bits per heavy atom. The lowest BCUT2D eigenvalue weighted by molar-refractivity contribution is -0.146. The number of hydrogen-bond donors (Lipinski definition) is 2. The number of hydrogen-bond acceptors (Lipinski definition) is 3. The third kappa shape index (κ3) is 2.54. The fraction of sp³-hybridized carbons (Fsp3) is 0.333. The normalized spacial score (nSPS) is 29.6. The van der Waals surface area contributed by atoms with Crippen molar-refractivity contribution < 1.29 is 23.8 Å². The van der Waals surface area contributed by atoms with Gasteiger partial charge in [-0.3, -0.25) is 9.59 Å². The average molecular weight is 291 g/mol. The van der Waals surface area contributed by atoms with Crippen LogP contribution in [0.5, 0.6) is 0 Å². The molecule has 21 heavy (non-hydrogen) atoms. The number of ether oxygens (including phenoxy) is 1. The van der Waals surface area contributed by atoms with Gasteiger partial charge in [0.25, 0.3) is 0 Å². The fourth-order valence-electron chi connectivity index (χ4n) is 2.82. The smallest absolute Gasteiger partial charge is 0.310 e. The minimum atomic E-state index is -1.03. The highest BCUT2D eigenvalue weighted by atomic mass is 19.1. The summed E-state index contributed by atoms with van der Waals surface area (Å²) in [5, 5.41) is 11.9. The van der Waals surface area contributed by atoms with Gasteiger partial charge in [-0.25, -0.2) is 4.39 Å². The van der Waals surface area contributed by atoms with Crippen LogP contribution in [-0.4, -0.2) is 29.2 Å². The summed E-state index contributed by atoms with van der Waals surface area (Å²) in [6, 6.07) is 5.76. The van der Waals surface area contributed by atoms with Crippen LogP contribution >= 0.6 is 0 Å². The van der Waals surface area contributed by atoms with E-state index in [2.05, 4.69) is 5.32 Å². The van der Waals surface area contributed by atoms with Gasteiger partial charge in [0.2, 0.25) is 5.91 Å². The van der Waals surface area contributed by atoms with Gasteiger partial charge in [0.05, 0.1) is 18.1 Å². The van der Waals surface area contributed by atoms with Crippen LogP contribution in [0.2, 0.25) is 0 Å². The zero-order valence-electron chi connectivity index (χ0n) is 11.0. The summed E-state index contributed by atoms with van der Waals surface area (Å²) in [6.07, 6.45) is 2.40. The first-order valence-corrected chi connectivity index (χ1v) is 6.65. The molecular weight excluding hydrogens is 277 g/mol. The lowest BCUT2D eigenvalue weighted by Crippen LogP contribution is -2.42. The molecule has 0 spiro atoms. The van der Waals surface area contributed by atoms with Gasteiger partial charge in [-0.05, 0) is 17.7 Å². The van der Waals surface area contributed by atoms with Crippen LogP contribution in [0.25, 0.3) is 0 Å². The van der Waals surface area contributed by atoms with E-state index in [9.17, 15) is 19.1 Å². The molecule has 3 rings (SSSR count). The van der Waals surface area contributed by atoms with Crippen molar-refractivity contribution in [3.05, 3.63) is 47.8 Å². The number of carbonyl (C=O) groups excluding carboxylic acids is 1. The van der Waals surface area contributed by atoms with Crippen molar-refractivity contribution >= 4 is 11.9 Å². The number of carboxylic acid groups (broad SMARTS) is 1. The quantitative estimate of drug-likeness (QED) is 0.814. The molecule has 2 bridgehead atoms. The third-order valence-electron chi connectivity index (χ3n) is 3.87. The molecule has 2 N–H and O–H groups in total. The Morgan fingerprint density at radius 2 is 1.76 bits per heavy atom. The maximum Gasteiger partial charge on any atom is 0.310 e. The van der Waals surface area contributed by atoms with Crippen molar-refractivity contribution in [2.45, 2.75) is 18.8 Å². The van der Waals surface area contributed by atoms with Crippen molar-refractivity contribution in [2.24, 2.45) is 11.8 Å². The number of amides is 1. The zero-order valence-corrected chi connectivity index (χ0v) is 11.0. The SMILES string of the molecule is O=C(O)[C@@H]1[C@@H](C(=O)NCc2ccc(F)cc2)[C@@H]2C=C[C@@H]1O2. The van der Waals surface area contributed by atoms with E-state index in [0.717, 1.165) is 5.56 Å². The number of aliphatic carboxylic acids is 1. The van der Waals surface area contributed by atoms with Crippen molar-refractivity contribution in [1.29, 1.82) is 0 Å². The first-order valence-electron chi connectivity index (χ1n) is 6.65. The second-order valence-electron chi connectivity index (χ2n) is 5.18. The summed E-state index contributed by atoms with van der Waals surface area (Å²) in [5.41, 5.74) is 0.747. The molecule has 110 valence electrons. The van der Waals surface area contributed by atoms with Gasteiger partial charge in [0, 0.05) is 6.54 Å².